The van der Waals surface area contributed by atoms with Gasteiger partial charge in [0.25, 0.3) is 0 Å². The molecule has 6 nitrogen and oxygen atoms in total. The molecule has 1 rings (SSSR count). The molecule has 1 aliphatic carbocycles. The van der Waals surface area contributed by atoms with Crippen molar-refractivity contribution in [2.45, 2.75) is 38.7 Å². The summed E-state index contributed by atoms with van der Waals surface area (Å²) in [6, 6.07) is 0. The van der Waals surface area contributed by atoms with Gasteiger partial charge < -0.3 is 4.74 Å². The van der Waals surface area contributed by atoms with Gasteiger partial charge in [0, 0.05) is 18.4 Å². The quantitative estimate of drug-likeness (QED) is 0.421. The Morgan fingerprint density at radius 2 is 1.94 bits per heavy atom. The fraction of sp³-hybridized carbons (Fsp3) is 0.636. The minimum atomic E-state index is -3.92. The van der Waals surface area contributed by atoms with Gasteiger partial charge in [0.05, 0.1) is 6.10 Å². The van der Waals surface area contributed by atoms with Crippen LogP contribution in [0.1, 0.15) is 32.6 Å². The summed E-state index contributed by atoms with van der Waals surface area (Å²) in [5.41, 5.74) is 0.119. The number of ether oxygens (including phenoxy) is 1. The van der Waals surface area contributed by atoms with Crippen molar-refractivity contribution < 1.29 is 26.9 Å². The molecule has 0 atom stereocenters. The number of rotatable bonds is 5. The minimum Gasteiger partial charge on any atom is -0.443 e. The first-order valence-corrected chi connectivity index (χ1v) is 7.13. The van der Waals surface area contributed by atoms with Gasteiger partial charge in [-0.05, 0) is 19.8 Å². The number of carbonyl (C=O) groups is 2. The van der Waals surface area contributed by atoms with E-state index in [1.54, 1.807) is 0 Å². The van der Waals surface area contributed by atoms with Crippen LogP contribution in [0.15, 0.2) is 12.2 Å². The summed E-state index contributed by atoms with van der Waals surface area (Å²) in [7, 11) is -3.92. The minimum absolute atomic E-state index is 0.112. The predicted octanol–water partition coefficient (Wildman–Crippen LogP) is 0.921. The van der Waals surface area contributed by atoms with Gasteiger partial charge in [0.1, 0.15) is 5.78 Å². The summed E-state index contributed by atoms with van der Waals surface area (Å²) in [6.45, 7) is 4.75. The maximum atomic E-state index is 11.5. The average Bonchev–Trinajstić information content (AvgIpc) is 2.29. The van der Waals surface area contributed by atoms with Gasteiger partial charge in [0.15, 0.2) is 0 Å². The Balaban J connectivity index is 2.42. The Bertz CT molecular complexity index is 440. The highest BCUT2D eigenvalue weighted by Crippen LogP contribution is 2.20. The van der Waals surface area contributed by atoms with Crippen molar-refractivity contribution in [3.05, 3.63) is 12.2 Å². The zero-order valence-corrected chi connectivity index (χ0v) is 11.0. The van der Waals surface area contributed by atoms with Crippen LogP contribution in [-0.4, -0.2) is 32.2 Å². The Hall–Kier alpha value is -1.21. The first kappa shape index (κ1) is 14.8. The van der Waals surface area contributed by atoms with Gasteiger partial charge in [-0.3, -0.25) is 8.98 Å². The van der Waals surface area contributed by atoms with Gasteiger partial charge >= 0.3 is 16.1 Å². The van der Waals surface area contributed by atoms with Crippen LogP contribution in [0.2, 0.25) is 0 Å². The molecule has 7 heteroatoms. The maximum absolute atomic E-state index is 11.5. The Labute approximate surface area is 106 Å². The lowest BCUT2D eigenvalue weighted by molar-refractivity contribution is -0.137. The Morgan fingerprint density at radius 1 is 1.39 bits per heavy atom. The van der Waals surface area contributed by atoms with Gasteiger partial charge in [-0.25, -0.2) is 4.79 Å². The predicted molar refractivity (Wildman–Crippen MR) is 63.0 cm³/mol. The fourth-order valence-corrected chi connectivity index (χ4v) is 2.41. The van der Waals surface area contributed by atoms with Crippen molar-refractivity contribution in [2.75, 3.05) is 5.94 Å². The molecule has 0 aromatic heterocycles. The topological polar surface area (TPSA) is 86.7 Å². The Kier molecular flexibility index (Phi) is 5.03. The number of ketones is 1. The summed E-state index contributed by atoms with van der Waals surface area (Å²) in [5, 5.41) is 0. The molecule has 0 aromatic rings. The van der Waals surface area contributed by atoms with E-state index in [0.717, 1.165) is 0 Å². The average molecular weight is 276 g/mol. The van der Waals surface area contributed by atoms with Gasteiger partial charge in [-0.2, -0.15) is 8.42 Å². The molecule has 0 aliphatic heterocycles. The number of Topliss-reactive ketones (excluding diaryl/α,β-unsaturated/α-hetero) is 1. The molecule has 0 spiro atoms. The molecule has 0 unspecified atom stereocenters. The lowest BCUT2D eigenvalue weighted by Crippen LogP contribution is -2.27. The Morgan fingerprint density at radius 3 is 2.44 bits per heavy atom. The van der Waals surface area contributed by atoms with Crippen molar-refractivity contribution in [1.82, 2.24) is 0 Å². The molecule has 0 amide bonds. The highest BCUT2D eigenvalue weighted by atomic mass is 32.2. The second-order valence-corrected chi connectivity index (χ2v) is 5.77. The third kappa shape index (κ3) is 4.97. The number of carbonyl (C=O) groups excluding carboxylic acids is 2. The largest absolute Gasteiger partial charge is 0.443 e. The summed E-state index contributed by atoms with van der Waals surface area (Å²) < 4.78 is 32.4. The summed E-state index contributed by atoms with van der Waals surface area (Å²) >= 11 is 0. The highest BCUT2D eigenvalue weighted by molar-refractivity contribution is 7.86. The van der Waals surface area contributed by atoms with Crippen LogP contribution in [0.4, 0.5) is 0 Å². The van der Waals surface area contributed by atoms with Crippen molar-refractivity contribution in [3.8, 4) is 0 Å². The fourth-order valence-electron chi connectivity index (χ4n) is 1.49. The molecule has 1 aliphatic rings. The summed E-state index contributed by atoms with van der Waals surface area (Å²) in [4.78, 5) is 22.0. The molecule has 0 bridgehead atoms. The molecule has 18 heavy (non-hydrogen) atoms. The molecule has 0 saturated heterocycles. The van der Waals surface area contributed by atoms with E-state index in [1.807, 2.05) is 0 Å². The normalized spacial score (nSPS) is 17.5. The molecule has 0 radical (unpaired) electrons. The molecular weight excluding hydrogens is 260 g/mol. The van der Waals surface area contributed by atoms with Crippen LogP contribution in [-0.2, 0) is 28.6 Å². The molecule has 0 aromatic carbocycles. The van der Waals surface area contributed by atoms with Crippen LogP contribution >= 0.6 is 0 Å². The molecule has 1 fully saturated rings. The summed E-state index contributed by atoms with van der Waals surface area (Å²) in [6.07, 6.45) is 0.910. The van der Waals surface area contributed by atoms with Crippen LogP contribution in [0.25, 0.3) is 0 Å². The lowest BCUT2D eigenvalue weighted by Gasteiger charge is -2.20. The standard InChI is InChI=1S/C11H16O6S/c1-8(2)11(13)16-7-18(14,15)17-10-5-3-9(12)4-6-10/h10H,1,3-7H2,2H3. The van der Waals surface area contributed by atoms with Crippen LogP contribution in [0.5, 0.6) is 0 Å². The van der Waals surface area contributed by atoms with Gasteiger partial charge in [0.2, 0.25) is 5.94 Å². The summed E-state index contributed by atoms with van der Waals surface area (Å²) in [5.74, 6) is -1.50. The van der Waals surface area contributed by atoms with Crippen LogP contribution in [0, 0.1) is 0 Å². The molecule has 0 N–H and O–H groups in total. The number of esters is 1. The van der Waals surface area contributed by atoms with Gasteiger partial charge in [-0.15, -0.1) is 0 Å². The van der Waals surface area contributed by atoms with E-state index in [0.29, 0.717) is 25.7 Å². The second kappa shape index (κ2) is 6.10. The molecule has 102 valence electrons. The van der Waals surface area contributed by atoms with Gasteiger partial charge in [-0.1, -0.05) is 6.58 Å². The van der Waals surface area contributed by atoms with Crippen molar-refractivity contribution in [1.29, 1.82) is 0 Å². The van der Waals surface area contributed by atoms with E-state index < -0.39 is 28.1 Å². The third-order valence-electron chi connectivity index (χ3n) is 2.46. The second-order valence-electron chi connectivity index (χ2n) is 4.22. The van der Waals surface area contributed by atoms with E-state index in [4.69, 9.17) is 4.18 Å². The van der Waals surface area contributed by atoms with E-state index in [1.165, 1.54) is 6.92 Å². The molecule has 1 saturated carbocycles. The van der Waals surface area contributed by atoms with E-state index >= 15 is 0 Å². The lowest BCUT2D eigenvalue weighted by atomic mass is 9.97. The zero-order valence-electron chi connectivity index (χ0n) is 10.2. The highest BCUT2D eigenvalue weighted by Gasteiger charge is 2.25. The van der Waals surface area contributed by atoms with E-state index in [-0.39, 0.29) is 11.4 Å². The SMILES string of the molecule is C=C(C)C(=O)OCS(=O)(=O)OC1CCC(=O)CC1. The van der Waals surface area contributed by atoms with Crippen molar-refractivity contribution >= 4 is 21.9 Å². The molecule has 0 heterocycles. The van der Waals surface area contributed by atoms with E-state index in [2.05, 4.69) is 11.3 Å². The monoisotopic (exact) mass is 276 g/mol. The number of hydrogen-bond donors (Lipinski definition) is 0. The van der Waals surface area contributed by atoms with Crippen LogP contribution in [0.3, 0.4) is 0 Å². The number of hydrogen-bond acceptors (Lipinski definition) is 6. The van der Waals surface area contributed by atoms with E-state index in [9.17, 15) is 18.0 Å². The van der Waals surface area contributed by atoms with Crippen molar-refractivity contribution in [3.63, 3.8) is 0 Å². The van der Waals surface area contributed by atoms with Crippen molar-refractivity contribution in [2.24, 2.45) is 0 Å². The van der Waals surface area contributed by atoms with Crippen LogP contribution < -0.4 is 0 Å². The molecular formula is C11H16O6S. The zero-order chi connectivity index (χ0) is 13.8. The maximum Gasteiger partial charge on any atom is 0.334 e. The smallest absolute Gasteiger partial charge is 0.334 e. The first-order chi connectivity index (χ1) is 8.30. The first-order valence-electron chi connectivity index (χ1n) is 5.55. The third-order valence-corrected chi connectivity index (χ3v) is 3.43.